The van der Waals surface area contributed by atoms with Gasteiger partial charge in [0.1, 0.15) is 11.9 Å². The number of hydrogen-bond donors (Lipinski definition) is 1. The quantitative estimate of drug-likeness (QED) is 0.579. The standard InChI is InChI=1S/C17H20O6S/c1-13-6-8-16(9-7-13)24(19,20)23-11-17(18)14-4-3-5-15(10-14)22-12-21-2/h3-10,17-18H,11-12H2,1-2H3/t17-/m1/s1/i11D2. The summed E-state index contributed by atoms with van der Waals surface area (Å²) in [6, 6.07) is 11.7. The number of hydrogen-bond acceptors (Lipinski definition) is 6. The maximum atomic E-state index is 12.3. The lowest BCUT2D eigenvalue weighted by Gasteiger charge is -2.13. The van der Waals surface area contributed by atoms with E-state index in [1.54, 1.807) is 25.1 Å². The fourth-order valence-corrected chi connectivity index (χ4v) is 2.61. The smallest absolute Gasteiger partial charge is 0.297 e. The van der Waals surface area contributed by atoms with E-state index in [2.05, 4.69) is 4.18 Å². The molecule has 0 fully saturated rings. The van der Waals surface area contributed by atoms with Crippen LogP contribution in [0, 0.1) is 6.92 Å². The molecule has 0 radical (unpaired) electrons. The molecule has 2 aromatic rings. The summed E-state index contributed by atoms with van der Waals surface area (Å²) >= 11 is 0. The van der Waals surface area contributed by atoms with Crippen molar-refractivity contribution in [2.24, 2.45) is 0 Å². The van der Waals surface area contributed by atoms with E-state index in [1.165, 1.54) is 37.4 Å². The second kappa shape index (κ2) is 8.25. The highest BCUT2D eigenvalue weighted by Gasteiger charge is 2.18. The van der Waals surface area contributed by atoms with E-state index in [9.17, 15) is 13.5 Å². The predicted octanol–water partition coefficient (Wildman–Crippen LogP) is 2.42. The van der Waals surface area contributed by atoms with Crippen LogP contribution in [0.3, 0.4) is 0 Å². The van der Waals surface area contributed by atoms with Crippen LogP contribution < -0.4 is 4.74 Å². The highest BCUT2D eigenvalue weighted by atomic mass is 32.2. The monoisotopic (exact) mass is 354 g/mol. The minimum atomic E-state index is -4.40. The van der Waals surface area contributed by atoms with Crippen LogP contribution in [-0.4, -0.2) is 34.0 Å². The van der Waals surface area contributed by atoms with E-state index in [4.69, 9.17) is 12.2 Å². The third-order valence-electron chi connectivity index (χ3n) is 3.10. The molecule has 2 rings (SSSR count). The summed E-state index contributed by atoms with van der Waals surface area (Å²) < 4.78 is 55.0. The number of aryl methyl sites for hydroxylation is 1. The van der Waals surface area contributed by atoms with Crippen molar-refractivity contribution in [3.05, 3.63) is 59.7 Å². The third-order valence-corrected chi connectivity index (χ3v) is 4.26. The van der Waals surface area contributed by atoms with Crippen molar-refractivity contribution in [3.63, 3.8) is 0 Å². The van der Waals surface area contributed by atoms with Gasteiger partial charge in [0.05, 0.1) is 14.2 Å². The van der Waals surface area contributed by atoms with Gasteiger partial charge in [0, 0.05) is 7.11 Å². The average molecular weight is 354 g/mol. The second-order valence-corrected chi connectivity index (χ2v) is 6.54. The lowest BCUT2D eigenvalue weighted by atomic mass is 10.1. The van der Waals surface area contributed by atoms with Crippen LogP contribution in [0.5, 0.6) is 5.75 Å². The number of ether oxygens (including phenoxy) is 2. The van der Waals surface area contributed by atoms with Gasteiger partial charge in [-0.25, -0.2) is 0 Å². The van der Waals surface area contributed by atoms with Gasteiger partial charge in [0.2, 0.25) is 0 Å². The highest BCUT2D eigenvalue weighted by molar-refractivity contribution is 7.86. The van der Waals surface area contributed by atoms with Crippen LogP contribution in [0.1, 0.15) is 20.0 Å². The number of rotatable bonds is 8. The van der Waals surface area contributed by atoms with Crippen molar-refractivity contribution in [1.29, 1.82) is 0 Å². The van der Waals surface area contributed by atoms with E-state index in [1.807, 2.05) is 0 Å². The van der Waals surface area contributed by atoms with Crippen LogP contribution in [0.4, 0.5) is 0 Å². The molecule has 0 bridgehead atoms. The Kier molecular flexibility index (Phi) is 5.36. The Morgan fingerprint density at radius 1 is 1.21 bits per heavy atom. The molecule has 6 nitrogen and oxygen atoms in total. The zero-order valence-corrected chi connectivity index (χ0v) is 14.1. The molecule has 0 spiro atoms. The van der Waals surface area contributed by atoms with Gasteiger partial charge in [0.15, 0.2) is 6.79 Å². The molecule has 2 aromatic carbocycles. The lowest BCUT2D eigenvalue weighted by molar-refractivity contribution is 0.0506. The summed E-state index contributed by atoms with van der Waals surface area (Å²) in [6.45, 7) is -1.12. The molecule has 1 N–H and O–H groups in total. The Morgan fingerprint density at radius 2 is 1.92 bits per heavy atom. The lowest BCUT2D eigenvalue weighted by Crippen LogP contribution is -2.13. The van der Waals surface area contributed by atoms with Crippen LogP contribution >= 0.6 is 0 Å². The minimum absolute atomic E-state index is 0.0231. The Morgan fingerprint density at radius 3 is 2.58 bits per heavy atom. The van der Waals surface area contributed by atoms with Gasteiger partial charge < -0.3 is 14.6 Å². The van der Waals surface area contributed by atoms with E-state index in [-0.39, 0.29) is 17.3 Å². The maximum Gasteiger partial charge on any atom is 0.297 e. The largest absolute Gasteiger partial charge is 0.468 e. The first-order valence-corrected chi connectivity index (χ1v) is 8.48. The molecule has 7 heteroatoms. The first-order chi connectivity index (χ1) is 12.2. The van der Waals surface area contributed by atoms with Crippen molar-refractivity contribution in [2.75, 3.05) is 20.5 Å². The van der Waals surface area contributed by atoms with Crippen LogP contribution in [-0.2, 0) is 19.0 Å². The number of benzene rings is 2. The molecule has 0 amide bonds. The average Bonchev–Trinajstić information content (AvgIpc) is 2.59. The van der Waals surface area contributed by atoms with Crippen LogP contribution in [0.2, 0.25) is 0 Å². The fourth-order valence-electron chi connectivity index (χ4n) is 1.83. The second-order valence-electron chi connectivity index (χ2n) is 4.99. The molecule has 0 saturated heterocycles. The van der Waals surface area contributed by atoms with Crippen LogP contribution in [0.25, 0.3) is 0 Å². The third kappa shape index (κ3) is 5.04. The molecule has 0 aliphatic heterocycles. The summed E-state index contributed by atoms with van der Waals surface area (Å²) in [4.78, 5) is -0.198. The van der Waals surface area contributed by atoms with Gasteiger partial charge >= 0.3 is 0 Å². The molecule has 0 aromatic heterocycles. The van der Waals surface area contributed by atoms with E-state index < -0.39 is 22.8 Å². The first-order valence-electron chi connectivity index (χ1n) is 8.08. The van der Waals surface area contributed by atoms with Gasteiger partial charge in [0.25, 0.3) is 10.1 Å². The van der Waals surface area contributed by atoms with Crippen molar-refractivity contribution < 1.29 is 29.9 Å². The zero-order valence-electron chi connectivity index (χ0n) is 15.3. The SMILES string of the molecule is [2H]C([2H])(OS(=O)(=O)c1ccc(C)cc1)[C@@H](O)c1cccc(OCOC)c1. The fraction of sp³-hybridized carbons (Fsp3) is 0.294. The number of aliphatic hydroxyl groups excluding tert-OH is 1. The Bertz CT molecular complexity index is 837. The summed E-state index contributed by atoms with van der Waals surface area (Å²) in [5, 5.41) is 10.3. The zero-order chi connectivity index (χ0) is 19.4. The molecule has 24 heavy (non-hydrogen) atoms. The normalized spacial score (nSPS) is 14.6. The number of methoxy groups -OCH3 is 1. The molecule has 0 heterocycles. The van der Waals surface area contributed by atoms with Gasteiger partial charge in [-0.15, -0.1) is 0 Å². The topological polar surface area (TPSA) is 82.1 Å². The van der Waals surface area contributed by atoms with E-state index in [0.717, 1.165) is 5.56 Å². The maximum absolute atomic E-state index is 12.3. The highest BCUT2D eigenvalue weighted by Crippen LogP contribution is 2.21. The minimum Gasteiger partial charge on any atom is -0.468 e. The molecule has 0 aliphatic rings. The predicted molar refractivity (Wildman–Crippen MR) is 88.2 cm³/mol. The van der Waals surface area contributed by atoms with Gasteiger partial charge in [-0.1, -0.05) is 29.8 Å². The summed E-state index contributed by atoms with van der Waals surface area (Å²) in [5.74, 6) is 0.334. The molecule has 0 aliphatic carbocycles. The van der Waals surface area contributed by atoms with E-state index >= 15 is 0 Å². The molecule has 1 atom stereocenters. The Hall–Kier alpha value is -1.93. The first kappa shape index (κ1) is 15.6. The molecular formula is C17H20O6S. The van der Waals surface area contributed by atoms with Crippen molar-refractivity contribution in [1.82, 2.24) is 0 Å². The summed E-state index contributed by atoms with van der Waals surface area (Å²) in [6.07, 6.45) is -1.85. The van der Waals surface area contributed by atoms with Crippen molar-refractivity contribution >= 4 is 10.1 Å². The van der Waals surface area contributed by atoms with E-state index in [0.29, 0.717) is 5.75 Å². The van der Waals surface area contributed by atoms with Gasteiger partial charge in [-0.05, 0) is 36.8 Å². The molecule has 0 unspecified atom stereocenters. The molecular weight excluding hydrogens is 332 g/mol. The van der Waals surface area contributed by atoms with Gasteiger partial charge in [-0.2, -0.15) is 8.42 Å². The summed E-state index contributed by atoms with van der Waals surface area (Å²) in [5.41, 5.74) is 0.947. The Labute approximate surface area is 144 Å². The van der Waals surface area contributed by atoms with Crippen molar-refractivity contribution in [2.45, 2.75) is 17.9 Å². The summed E-state index contributed by atoms with van der Waals surface area (Å²) in [7, 11) is -2.95. The molecule has 0 saturated carbocycles. The van der Waals surface area contributed by atoms with Gasteiger partial charge in [-0.3, -0.25) is 4.18 Å². The Balaban J connectivity index is 2.21. The number of aliphatic hydroxyl groups is 1. The van der Waals surface area contributed by atoms with Crippen LogP contribution in [0.15, 0.2) is 53.4 Å². The van der Waals surface area contributed by atoms with Crippen molar-refractivity contribution in [3.8, 4) is 5.75 Å². The molecule has 130 valence electrons.